The van der Waals surface area contributed by atoms with Crippen LogP contribution in [-0.4, -0.2) is 66.7 Å². The van der Waals surface area contributed by atoms with Gasteiger partial charge in [0.2, 0.25) is 11.8 Å². The number of amides is 2. The Morgan fingerprint density at radius 1 is 1.29 bits per heavy atom. The summed E-state index contributed by atoms with van der Waals surface area (Å²) < 4.78 is 31.1. The molecule has 1 aromatic carbocycles. The van der Waals surface area contributed by atoms with Crippen molar-refractivity contribution in [1.82, 2.24) is 9.80 Å². The lowest BCUT2D eigenvalue weighted by molar-refractivity contribution is -0.141. The van der Waals surface area contributed by atoms with Gasteiger partial charge in [0.25, 0.3) is 0 Å². The predicted octanol–water partition coefficient (Wildman–Crippen LogP) is 1.43. The van der Waals surface area contributed by atoms with Crippen LogP contribution < -0.4 is 0 Å². The number of hydrogen-bond acceptors (Lipinski definition) is 5. The van der Waals surface area contributed by atoms with E-state index in [1.807, 2.05) is 4.90 Å². The molecule has 28 heavy (non-hydrogen) atoms. The number of hydrogen-bond donors (Lipinski definition) is 0. The Balaban J connectivity index is 1.47. The zero-order valence-corrected chi connectivity index (χ0v) is 17.0. The highest BCUT2D eigenvalue weighted by molar-refractivity contribution is 7.91. The number of rotatable bonds is 5. The van der Waals surface area contributed by atoms with Crippen molar-refractivity contribution < 1.29 is 22.7 Å². The molecule has 3 heterocycles. The van der Waals surface area contributed by atoms with Crippen LogP contribution in [0.1, 0.15) is 33.1 Å². The molecule has 3 aliphatic heterocycles. The van der Waals surface area contributed by atoms with Crippen LogP contribution in [0.15, 0.2) is 35.2 Å². The summed E-state index contributed by atoms with van der Waals surface area (Å²) in [6.45, 7) is 5.12. The maximum atomic E-state index is 12.8. The Morgan fingerprint density at radius 3 is 2.68 bits per heavy atom. The summed E-state index contributed by atoms with van der Waals surface area (Å²) in [5.74, 6) is -0.162. The average molecular weight is 407 g/mol. The SMILES string of the molecule is CC(C)[C@@H]1CO[C@@]23CCN(C(=O)CCS(=O)(=O)c4ccccc4)[C@@H]2CC(=O)N13. The van der Waals surface area contributed by atoms with Crippen LogP contribution in [0.4, 0.5) is 0 Å². The summed E-state index contributed by atoms with van der Waals surface area (Å²) in [6.07, 6.45) is 0.746. The highest BCUT2D eigenvalue weighted by Crippen LogP contribution is 2.48. The standard InChI is InChI=1S/C20H26N2O5S/c1-14(2)16-13-27-20-9-10-21(17(20)12-19(24)22(16)20)18(23)8-11-28(25,26)15-6-4-3-5-7-15/h3-7,14,16-17H,8-13H2,1-2H3/t16-,17+,20-/m0/s1. The average Bonchev–Trinajstić information content (AvgIpc) is 3.29. The normalized spacial score (nSPS) is 29.5. The lowest BCUT2D eigenvalue weighted by Gasteiger charge is -2.34. The zero-order valence-electron chi connectivity index (χ0n) is 16.2. The van der Waals surface area contributed by atoms with E-state index in [0.29, 0.717) is 19.6 Å². The minimum atomic E-state index is -3.51. The third kappa shape index (κ3) is 2.93. The third-order valence-electron chi connectivity index (χ3n) is 6.26. The number of nitrogens with zero attached hydrogens (tertiary/aromatic N) is 2. The second-order valence-electron chi connectivity index (χ2n) is 8.17. The fourth-order valence-electron chi connectivity index (χ4n) is 4.78. The Bertz CT molecular complexity index is 885. The van der Waals surface area contributed by atoms with E-state index in [4.69, 9.17) is 4.74 Å². The van der Waals surface area contributed by atoms with Gasteiger partial charge in [-0.2, -0.15) is 0 Å². The summed E-state index contributed by atoms with van der Waals surface area (Å²) >= 11 is 0. The largest absolute Gasteiger partial charge is 0.351 e. The molecule has 8 heteroatoms. The molecule has 2 amide bonds. The smallest absolute Gasteiger partial charge is 0.227 e. The summed E-state index contributed by atoms with van der Waals surface area (Å²) in [5.41, 5.74) is -0.722. The summed E-state index contributed by atoms with van der Waals surface area (Å²) in [4.78, 5) is 29.3. The number of likely N-dealkylation sites (tertiary alicyclic amines) is 1. The van der Waals surface area contributed by atoms with Crippen LogP contribution in [0.25, 0.3) is 0 Å². The van der Waals surface area contributed by atoms with Crippen LogP contribution in [-0.2, 0) is 24.2 Å². The van der Waals surface area contributed by atoms with Crippen LogP contribution in [0.5, 0.6) is 0 Å². The Morgan fingerprint density at radius 2 is 2.00 bits per heavy atom. The molecule has 152 valence electrons. The van der Waals surface area contributed by atoms with Gasteiger partial charge in [0.1, 0.15) is 0 Å². The molecule has 3 aliphatic rings. The van der Waals surface area contributed by atoms with Gasteiger partial charge in [0.05, 0.1) is 35.8 Å². The van der Waals surface area contributed by atoms with Crippen molar-refractivity contribution in [1.29, 1.82) is 0 Å². The molecule has 0 radical (unpaired) electrons. The molecule has 0 saturated carbocycles. The van der Waals surface area contributed by atoms with Crippen LogP contribution in [0.2, 0.25) is 0 Å². The predicted molar refractivity (Wildman–Crippen MR) is 102 cm³/mol. The first-order valence-corrected chi connectivity index (χ1v) is 11.4. The zero-order chi connectivity index (χ0) is 20.1. The molecule has 0 unspecified atom stereocenters. The van der Waals surface area contributed by atoms with Crippen molar-refractivity contribution in [2.24, 2.45) is 5.92 Å². The van der Waals surface area contributed by atoms with Crippen molar-refractivity contribution in [3.05, 3.63) is 30.3 Å². The molecule has 0 bridgehead atoms. The van der Waals surface area contributed by atoms with E-state index >= 15 is 0 Å². The molecule has 3 fully saturated rings. The van der Waals surface area contributed by atoms with Gasteiger partial charge >= 0.3 is 0 Å². The molecule has 1 spiro atoms. The number of benzene rings is 1. The van der Waals surface area contributed by atoms with Gasteiger partial charge in [-0.25, -0.2) is 8.42 Å². The van der Waals surface area contributed by atoms with Gasteiger partial charge in [-0.05, 0) is 18.1 Å². The quantitative estimate of drug-likeness (QED) is 0.739. The molecule has 0 aliphatic carbocycles. The van der Waals surface area contributed by atoms with Crippen molar-refractivity contribution in [3.8, 4) is 0 Å². The van der Waals surface area contributed by atoms with Gasteiger partial charge in [0, 0.05) is 19.4 Å². The van der Waals surface area contributed by atoms with E-state index in [2.05, 4.69) is 13.8 Å². The molecule has 3 atom stereocenters. The second-order valence-corrected chi connectivity index (χ2v) is 10.3. The number of sulfone groups is 1. The van der Waals surface area contributed by atoms with Crippen LogP contribution in [0.3, 0.4) is 0 Å². The molecular formula is C20H26N2O5S. The number of carbonyl (C=O) groups excluding carboxylic acids is 2. The van der Waals surface area contributed by atoms with E-state index < -0.39 is 15.6 Å². The van der Waals surface area contributed by atoms with Gasteiger partial charge < -0.3 is 14.5 Å². The first-order valence-electron chi connectivity index (χ1n) is 9.80. The van der Waals surface area contributed by atoms with Crippen molar-refractivity contribution >= 4 is 21.7 Å². The highest BCUT2D eigenvalue weighted by Gasteiger charge is 2.65. The molecule has 3 saturated heterocycles. The van der Waals surface area contributed by atoms with Gasteiger partial charge in [-0.3, -0.25) is 9.59 Å². The first kappa shape index (κ1) is 19.4. The maximum absolute atomic E-state index is 12.8. The van der Waals surface area contributed by atoms with Gasteiger partial charge in [0.15, 0.2) is 15.6 Å². The van der Waals surface area contributed by atoms with E-state index in [1.165, 1.54) is 12.1 Å². The van der Waals surface area contributed by atoms with E-state index in [0.717, 1.165) is 0 Å². The Labute approximate surface area is 165 Å². The summed E-state index contributed by atoms with van der Waals surface area (Å²) in [6, 6.07) is 7.87. The van der Waals surface area contributed by atoms with Crippen molar-refractivity contribution in [2.75, 3.05) is 18.9 Å². The fourth-order valence-corrected chi connectivity index (χ4v) is 6.03. The molecule has 4 rings (SSSR count). The van der Waals surface area contributed by atoms with E-state index in [1.54, 1.807) is 23.1 Å². The maximum Gasteiger partial charge on any atom is 0.227 e. The topological polar surface area (TPSA) is 84.0 Å². The lowest BCUT2D eigenvalue weighted by Crippen LogP contribution is -2.51. The van der Waals surface area contributed by atoms with Crippen molar-refractivity contribution in [3.63, 3.8) is 0 Å². The van der Waals surface area contributed by atoms with Gasteiger partial charge in [-0.1, -0.05) is 32.0 Å². The second kappa shape index (κ2) is 6.84. The number of ether oxygens (including phenoxy) is 1. The van der Waals surface area contributed by atoms with E-state index in [9.17, 15) is 18.0 Å². The third-order valence-corrected chi connectivity index (χ3v) is 8.00. The fraction of sp³-hybridized carbons (Fsp3) is 0.600. The Hall–Kier alpha value is -1.93. The Kier molecular flexibility index (Phi) is 4.74. The molecule has 0 aromatic heterocycles. The lowest BCUT2D eigenvalue weighted by atomic mass is 10.0. The van der Waals surface area contributed by atoms with Gasteiger partial charge in [-0.15, -0.1) is 0 Å². The molecule has 1 aromatic rings. The number of carbonyl (C=O) groups is 2. The highest BCUT2D eigenvalue weighted by atomic mass is 32.2. The van der Waals surface area contributed by atoms with Crippen LogP contribution in [0, 0.1) is 5.92 Å². The molecule has 7 nitrogen and oxygen atoms in total. The minimum Gasteiger partial charge on any atom is -0.351 e. The monoisotopic (exact) mass is 406 g/mol. The van der Waals surface area contributed by atoms with E-state index in [-0.39, 0.29) is 53.3 Å². The van der Waals surface area contributed by atoms with Crippen molar-refractivity contribution in [2.45, 2.75) is 55.8 Å². The molecular weight excluding hydrogens is 380 g/mol. The summed E-state index contributed by atoms with van der Waals surface area (Å²) in [7, 11) is -3.51. The molecule has 0 N–H and O–H groups in total. The summed E-state index contributed by atoms with van der Waals surface area (Å²) in [5, 5.41) is 0. The minimum absolute atomic E-state index is 0.0237. The van der Waals surface area contributed by atoms with Crippen LogP contribution >= 0.6 is 0 Å². The first-order chi connectivity index (χ1) is 13.3.